The van der Waals surface area contributed by atoms with Crippen LogP contribution in [-0.4, -0.2) is 82.7 Å². The standard InChI is InChI=1S/C26H34ClN5O2.2ClH/c1-18-2-7-23-24(18)25(29-17-28-23)31-12-14-32(15-13-31)26(34)22(19-3-5-20(27)6-4-19)16-30-10-8-21(33)9-11-30;;/h3-6,17-18,21-22,33H,2,7-16H2,1H3;2*1H/t18-,22+;;/m1../s1. The Morgan fingerprint density at radius 3 is 2.36 bits per heavy atom. The fraction of sp³-hybridized carbons (Fsp3) is 0.577. The van der Waals surface area contributed by atoms with E-state index in [1.807, 2.05) is 29.2 Å². The Morgan fingerprint density at radius 2 is 1.69 bits per heavy atom. The summed E-state index contributed by atoms with van der Waals surface area (Å²) < 4.78 is 0. The van der Waals surface area contributed by atoms with E-state index in [0.29, 0.717) is 30.6 Å². The molecule has 0 radical (unpaired) electrons. The van der Waals surface area contributed by atoms with Gasteiger partial charge in [-0.15, -0.1) is 24.8 Å². The molecule has 0 bridgehead atoms. The second-order valence-electron chi connectivity index (χ2n) is 9.95. The quantitative estimate of drug-likeness (QED) is 0.602. The van der Waals surface area contributed by atoms with Crippen molar-refractivity contribution >= 4 is 48.1 Å². The number of carbonyl (C=O) groups excluding carboxylic acids is 1. The first-order valence-corrected chi connectivity index (χ1v) is 12.9. The number of carbonyl (C=O) groups is 1. The largest absolute Gasteiger partial charge is 0.393 e. The van der Waals surface area contributed by atoms with Crippen molar-refractivity contribution in [3.05, 3.63) is 52.4 Å². The molecule has 36 heavy (non-hydrogen) atoms. The predicted octanol–water partition coefficient (Wildman–Crippen LogP) is 3.91. The second-order valence-corrected chi connectivity index (χ2v) is 10.4. The van der Waals surface area contributed by atoms with Crippen LogP contribution in [0.25, 0.3) is 0 Å². The van der Waals surface area contributed by atoms with Crippen molar-refractivity contribution < 1.29 is 9.90 Å². The van der Waals surface area contributed by atoms with Gasteiger partial charge in [0.1, 0.15) is 12.1 Å². The molecule has 3 heterocycles. The number of likely N-dealkylation sites (tertiary alicyclic amines) is 1. The number of halogens is 3. The number of amides is 1. The SMILES string of the molecule is C[C@@H]1CCc2ncnc(N3CCN(C(=O)[C@@H](CN4CCC(O)CC4)c4ccc(Cl)cc4)CC3)c21.Cl.Cl. The Hall–Kier alpha value is -1.64. The van der Waals surface area contributed by atoms with Crippen LogP contribution in [-0.2, 0) is 11.2 Å². The zero-order valence-electron chi connectivity index (χ0n) is 20.7. The van der Waals surface area contributed by atoms with Crippen LogP contribution in [0.5, 0.6) is 0 Å². The molecule has 1 aromatic heterocycles. The van der Waals surface area contributed by atoms with Crippen LogP contribution in [0.2, 0.25) is 5.02 Å². The molecule has 1 amide bonds. The van der Waals surface area contributed by atoms with E-state index in [9.17, 15) is 9.90 Å². The Labute approximate surface area is 231 Å². The molecule has 0 saturated carbocycles. The molecule has 2 fully saturated rings. The average molecular weight is 557 g/mol. The molecule has 1 aliphatic carbocycles. The lowest BCUT2D eigenvalue weighted by molar-refractivity contribution is -0.133. The molecular weight excluding hydrogens is 521 g/mol. The molecule has 1 aromatic carbocycles. The number of anilines is 1. The first-order chi connectivity index (χ1) is 16.5. The molecule has 2 aliphatic heterocycles. The molecule has 2 saturated heterocycles. The van der Waals surface area contributed by atoms with Crippen molar-refractivity contribution in [2.45, 2.75) is 50.5 Å². The van der Waals surface area contributed by atoms with E-state index < -0.39 is 0 Å². The minimum Gasteiger partial charge on any atom is -0.393 e. The van der Waals surface area contributed by atoms with Crippen LogP contribution in [0.1, 0.15) is 54.8 Å². The molecule has 5 rings (SSSR count). The lowest BCUT2D eigenvalue weighted by atomic mass is 9.95. The Balaban J connectivity index is 0.00000180. The van der Waals surface area contributed by atoms with Crippen LogP contribution in [0.15, 0.2) is 30.6 Å². The highest BCUT2D eigenvalue weighted by Crippen LogP contribution is 2.37. The van der Waals surface area contributed by atoms with Crippen LogP contribution in [0.4, 0.5) is 5.82 Å². The highest BCUT2D eigenvalue weighted by Gasteiger charge is 2.33. The van der Waals surface area contributed by atoms with Crippen LogP contribution in [0, 0.1) is 0 Å². The monoisotopic (exact) mass is 555 g/mol. The smallest absolute Gasteiger partial charge is 0.231 e. The van der Waals surface area contributed by atoms with Gasteiger partial charge in [0, 0.05) is 62.1 Å². The molecule has 2 aromatic rings. The van der Waals surface area contributed by atoms with Crippen molar-refractivity contribution in [3.63, 3.8) is 0 Å². The third-order valence-corrected chi connectivity index (χ3v) is 7.96. The summed E-state index contributed by atoms with van der Waals surface area (Å²) in [5, 5.41) is 10.6. The highest BCUT2D eigenvalue weighted by molar-refractivity contribution is 6.30. The van der Waals surface area contributed by atoms with Gasteiger partial charge in [0.2, 0.25) is 5.91 Å². The normalized spacial score (nSPS) is 21.4. The van der Waals surface area contributed by atoms with E-state index in [1.165, 1.54) is 11.3 Å². The number of rotatable bonds is 5. The minimum atomic E-state index is -0.234. The summed E-state index contributed by atoms with van der Waals surface area (Å²) in [6.07, 6.45) is 5.16. The lowest BCUT2D eigenvalue weighted by Crippen LogP contribution is -2.52. The van der Waals surface area contributed by atoms with Gasteiger partial charge in [0.15, 0.2) is 0 Å². The fourth-order valence-corrected chi connectivity index (χ4v) is 5.74. The molecule has 7 nitrogen and oxygen atoms in total. The number of fused-ring (bicyclic) bond motifs is 1. The lowest BCUT2D eigenvalue weighted by Gasteiger charge is -2.39. The van der Waals surface area contributed by atoms with E-state index in [1.54, 1.807) is 6.33 Å². The van der Waals surface area contributed by atoms with Gasteiger partial charge in [0.05, 0.1) is 12.0 Å². The van der Waals surface area contributed by atoms with E-state index in [0.717, 1.165) is 63.2 Å². The van der Waals surface area contributed by atoms with Gasteiger partial charge in [-0.3, -0.25) is 4.79 Å². The number of aliphatic hydroxyl groups is 1. The number of hydrogen-bond donors (Lipinski definition) is 1. The van der Waals surface area contributed by atoms with Gasteiger partial charge in [0.25, 0.3) is 0 Å². The summed E-state index contributed by atoms with van der Waals surface area (Å²) in [5.74, 6) is 1.49. The predicted molar refractivity (Wildman–Crippen MR) is 148 cm³/mol. The first kappa shape index (κ1) is 28.9. The number of piperazine rings is 1. The molecule has 0 unspecified atom stereocenters. The molecular formula is C26H36Cl3N5O2. The number of piperidine rings is 1. The summed E-state index contributed by atoms with van der Waals surface area (Å²) in [4.78, 5) is 29.6. The maximum Gasteiger partial charge on any atom is 0.231 e. The number of nitrogens with zero attached hydrogens (tertiary/aromatic N) is 5. The second kappa shape index (κ2) is 12.7. The molecule has 198 valence electrons. The molecule has 2 atom stereocenters. The average Bonchev–Trinajstić information content (AvgIpc) is 3.25. The third kappa shape index (κ3) is 6.25. The summed E-state index contributed by atoms with van der Waals surface area (Å²) >= 11 is 6.13. The zero-order chi connectivity index (χ0) is 23.7. The van der Waals surface area contributed by atoms with E-state index in [-0.39, 0.29) is 42.7 Å². The Kier molecular flexibility index (Phi) is 10.2. The van der Waals surface area contributed by atoms with Crippen molar-refractivity contribution in [1.82, 2.24) is 19.8 Å². The highest BCUT2D eigenvalue weighted by atomic mass is 35.5. The van der Waals surface area contributed by atoms with Crippen LogP contribution < -0.4 is 4.90 Å². The van der Waals surface area contributed by atoms with Gasteiger partial charge in [-0.2, -0.15) is 0 Å². The van der Waals surface area contributed by atoms with Gasteiger partial charge < -0.3 is 19.8 Å². The Morgan fingerprint density at radius 1 is 1.03 bits per heavy atom. The number of benzene rings is 1. The van der Waals surface area contributed by atoms with Gasteiger partial charge in [-0.05, 0) is 49.3 Å². The van der Waals surface area contributed by atoms with E-state index in [2.05, 4.69) is 26.7 Å². The third-order valence-electron chi connectivity index (χ3n) is 7.71. The number of aryl methyl sites for hydroxylation is 1. The van der Waals surface area contributed by atoms with Crippen LogP contribution >= 0.6 is 36.4 Å². The van der Waals surface area contributed by atoms with Crippen molar-refractivity contribution in [1.29, 1.82) is 0 Å². The molecule has 3 aliphatic rings. The van der Waals surface area contributed by atoms with Crippen molar-refractivity contribution in [2.24, 2.45) is 0 Å². The number of aromatic nitrogens is 2. The van der Waals surface area contributed by atoms with Gasteiger partial charge >= 0.3 is 0 Å². The minimum absolute atomic E-state index is 0. The molecule has 0 spiro atoms. The van der Waals surface area contributed by atoms with E-state index in [4.69, 9.17) is 11.6 Å². The van der Waals surface area contributed by atoms with Crippen LogP contribution in [0.3, 0.4) is 0 Å². The molecule has 1 N–H and O–H groups in total. The summed E-state index contributed by atoms with van der Waals surface area (Å²) in [7, 11) is 0. The summed E-state index contributed by atoms with van der Waals surface area (Å²) in [5.41, 5.74) is 3.49. The van der Waals surface area contributed by atoms with E-state index >= 15 is 0 Å². The maximum atomic E-state index is 13.8. The zero-order valence-corrected chi connectivity index (χ0v) is 23.1. The van der Waals surface area contributed by atoms with Crippen molar-refractivity contribution in [3.8, 4) is 0 Å². The first-order valence-electron chi connectivity index (χ1n) is 12.5. The fourth-order valence-electron chi connectivity index (χ4n) is 5.62. The maximum absolute atomic E-state index is 13.8. The summed E-state index contributed by atoms with van der Waals surface area (Å²) in [6.45, 7) is 7.52. The summed E-state index contributed by atoms with van der Waals surface area (Å²) in [6, 6.07) is 7.69. The number of aliphatic hydroxyl groups excluding tert-OH is 1. The number of hydrogen-bond acceptors (Lipinski definition) is 6. The van der Waals surface area contributed by atoms with Gasteiger partial charge in [-0.25, -0.2) is 9.97 Å². The van der Waals surface area contributed by atoms with Gasteiger partial charge in [-0.1, -0.05) is 30.7 Å². The topological polar surface area (TPSA) is 72.8 Å². The van der Waals surface area contributed by atoms with Crippen molar-refractivity contribution in [2.75, 3.05) is 50.7 Å². The molecule has 10 heteroatoms. The Bertz CT molecular complexity index is 1010.